The van der Waals surface area contributed by atoms with Crippen LogP contribution in [-0.2, 0) is 19.8 Å². The van der Waals surface area contributed by atoms with Crippen LogP contribution in [0, 0.1) is 6.92 Å². The first-order valence-corrected chi connectivity index (χ1v) is 6.67. The van der Waals surface area contributed by atoms with E-state index in [0.717, 1.165) is 16.4 Å². The fourth-order valence-electron chi connectivity index (χ4n) is 1.94. The lowest BCUT2D eigenvalue weighted by atomic mass is 10.3. The normalized spacial score (nSPS) is 11.7. The number of hydrogen-bond acceptors (Lipinski definition) is 3. The van der Waals surface area contributed by atoms with Crippen molar-refractivity contribution in [3.05, 3.63) is 35.4 Å². The Bertz CT molecular complexity index is 659. The van der Waals surface area contributed by atoms with Gasteiger partial charge in [-0.1, -0.05) is 0 Å². The molecule has 0 aromatic carbocycles. The van der Waals surface area contributed by atoms with E-state index < -0.39 is 17.8 Å². The average molecular weight is 315 g/mol. The van der Waals surface area contributed by atoms with Crippen LogP contribution in [0.3, 0.4) is 0 Å². The first kappa shape index (κ1) is 16.1. The van der Waals surface area contributed by atoms with Crippen molar-refractivity contribution < 1.29 is 18.0 Å². The second-order valence-corrected chi connectivity index (χ2v) is 4.87. The molecule has 9 heteroatoms. The van der Waals surface area contributed by atoms with Crippen LogP contribution in [0.1, 0.15) is 28.3 Å². The van der Waals surface area contributed by atoms with Gasteiger partial charge in [-0.2, -0.15) is 23.4 Å². The molecule has 22 heavy (non-hydrogen) atoms. The molecule has 0 saturated carbocycles. The summed E-state index contributed by atoms with van der Waals surface area (Å²) in [5.74, 6) is -0.581. The molecule has 0 aliphatic heterocycles. The van der Waals surface area contributed by atoms with Gasteiger partial charge in [0, 0.05) is 32.4 Å². The molecule has 120 valence electrons. The third-order valence-electron chi connectivity index (χ3n) is 3.03. The highest BCUT2D eigenvalue weighted by atomic mass is 19.4. The Balaban J connectivity index is 1.86. The van der Waals surface area contributed by atoms with Gasteiger partial charge >= 0.3 is 6.18 Å². The van der Waals surface area contributed by atoms with E-state index in [-0.39, 0.29) is 5.69 Å². The number of carbonyl (C=O) groups excluding carboxylic acids is 1. The molecule has 2 aromatic rings. The number of alkyl halides is 3. The molecular weight excluding hydrogens is 299 g/mol. The Hall–Kier alpha value is -2.32. The molecule has 0 fully saturated rings. The summed E-state index contributed by atoms with van der Waals surface area (Å²) in [6, 6.07) is 2.61. The van der Waals surface area contributed by atoms with Crippen molar-refractivity contribution in [3.8, 4) is 0 Å². The van der Waals surface area contributed by atoms with Gasteiger partial charge in [0.05, 0.1) is 5.69 Å². The van der Waals surface area contributed by atoms with Crippen LogP contribution in [0.15, 0.2) is 18.3 Å². The predicted octanol–water partition coefficient (Wildman–Crippen LogP) is 1.76. The lowest BCUT2D eigenvalue weighted by molar-refractivity contribution is -0.141. The Morgan fingerprint density at radius 2 is 2.09 bits per heavy atom. The highest BCUT2D eigenvalue weighted by Crippen LogP contribution is 2.28. The van der Waals surface area contributed by atoms with Crippen molar-refractivity contribution >= 4 is 5.91 Å². The molecule has 2 aromatic heterocycles. The molecule has 2 rings (SSSR count). The van der Waals surface area contributed by atoms with Crippen LogP contribution < -0.4 is 5.32 Å². The number of amides is 1. The number of aryl methyl sites for hydroxylation is 3. The van der Waals surface area contributed by atoms with Gasteiger partial charge in [-0.15, -0.1) is 0 Å². The molecule has 0 aliphatic carbocycles. The molecule has 1 N–H and O–H groups in total. The molecule has 0 atom stereocenters. The minimum absolute atomic E-state index is 0.123. The fraction of sp³-hybridized carbons (Fsp3) is 0.462. The zero-order valence-corrected chi connectivity index (χ0v) is 12.2. The number of halogens is 3. The van der Waals surface area contributed by atoms with Crippen LogP contribution in [0.4, 0.5) is 13.2 Å². The second-order valence-electron chi connectivity index (χ2n) is 4.87. The van der Waals surface area contributed by atoms with Crippen LogP contribution in [0.5, 0.6) is 0 Å². The van der Waals surface area contributed by atoms with Crippen LogP contribution in [0.2, 0.25) is 0 Å². The van der Waals surface area contributed by atoms with Gasteiger partial charge in [-0.05, 0) is 19.4 Å². The maximum absolute atomic E-state index is 12.5. The molecule has 0 spiro atoms. The standard InChI is InChI=1S/C13H16F3N5O/c1-9-4-7-21(18-9)6-3-5-17-12(22)10-8-11(13(14,15)16)19-20(10)2/h4,7-8H,3,5-6H2,1-2H3,(H,17,22). The highest BCUT2D eigenvalue weighted by Gasteiger charge is 2.35. The van der Waals surface area contributed by atoms with Crippen LogP contribution >= 0.6 is 0 Å². The monoisotopic (exact) mass is 315 g/mol. The zero-order chi connectivity index (χ0) is 16.3. The predicted molar refractivity (Wildman–Crippen MR) is 72.1 cm³/mol. The SMILES string of the molecule is Cc1ccn(CCCNC(=O)c2cc(C(F)(F)F)nn2C)n1. The lowest BCUT2D eigenvalue weighted by Crippen LogP contribution is -2.27. The summed E-state index contributed by atoms with van der Waals surface area (Å²) in [5, 5.41) is 10.1. The van der Waals surface area contributed by atoms with Crippen LogP contribution in [-0.4, -0.2) is 32.0 Å². The third kappa shape index (κ3) is 3.86. The average Bonchev–Trinajstić information content (AvgIpc) is 3.00. The van der Waals surface area contributed by atoms with Gasteiger partial charge < -0.3 is 5.32 Å². The molecule has 0 aliphatic rings. The molecule has 0 unspecified atom stereocenters. The van der Waals surface area contributed by atoms with Crippen molar-refractivity contribution in [2.45, 2.75) is 26.1 Å². The lowest BCUT2D eigenvalue weighted by Gasteiger charge is -2.05. The summed E-state index contributed by atoms with van der Waals surface area (Å²) < 4.78 is 40.2. The van der Waals surface area contributed by atoms with E-state index in [1.165, 1.54) is 7.05 Å². The number of nitrogens with zero attached hydrogens (tertiary/aromatic N) is 4. The fourth-order valence-corrected chi connectivity index (χ4v) is 1.94. The second kappa shape index (κ2) is 6.20. The molecule has 0 saturated heterocycles. The van der Waals surface area contributed by atoms with Crippen molar-refractivity contribution in [3.63, 3.8) is 0 Å². The summed E-state index contributed by atoms with van der Waals surface area (Å²) in [7, 11) is 1.30. The Morgan fingerprint density at radius 1 is 1.36 bits per heavy atom. The number of aromatic nitrogens is 4. The maximum atomic E-state index is 12.5. The van der Waals surface area contributed by atoms with E-state index >= 15 is 0 Å². The number of rotatable bonds is 5. The van der Waals surface area contributed by atoms with Crippen LogP contribution in [0.25, 0.3) is 0 Å². The highest BCUT2D eigenvalue weighted by molar-refractivity contribution is 5.92. The van der Waals surface area contributed by atoms with E-state index in [9.17, 15) is 18.0 Å². The minimum Gasteiger partial charge on any atom is -0.351 e. The maximum Gasteiger partial charge on any atom is 0.435 e. The largest absolute Gasteiger partial charge is 0.435 e. The Labute approximate surface area is 124 Å². The molecule has 6 nitrogen and oxygen atoms in total. The van der Waals surface area contributed by atoms with Gasteiger partial charge in [0.1, 0.15) is 5.69 Å². The molecule has 2 heterocycles. The van der Waals surface area contributed by atoms with E-state index in [0.29, 0.717) is 19.5 Å². The Morgan fingerprint density at radius 3 is 2.64 bits per heavy atom. The molecular formula is C13H16F3N5O. The van der Waals surface area contributed by atoms with E-state index in [1.807, 2.05) is 19.2 Å². The first-order chi connectivity index (χ1) is 10.3. The Kier molecular flexibility index (Phi) is 4.53. The van der Waals surface area contributed by atoms with Gasteiger partial charge in [-0.3, -0.25) is 14.2 Å². The smallest absolute Gasteiger partial charge is 0.351 e. The zero-order valence-electron chi connectivity index (χ0n) is 12.2. The summed E-state index contributed by atoms with van der Waals surface area (Å²) in [5.41, 5.74) is -0.298. The molecule has 0 radical (unpaired) electrons. The van der Waals surface area contributed by atoms with Gasteiger partial charge in [-0.25, -0.2) is 0 Å². The number of hydrogen-bond donors (Lipinski definition) is 1. The van der Waals surface area contributed by atoms with Gasteiger partial charge in [0.25, 0.3) is 5.91 Å². The summed E-state index contributed by atoms with van der Waals surface area (Å²) in [4.78, 5) is 11.9. The van der Waals surface area contributed by atoms with Gasteiger partial charge in [0.15, 0.2) is 5.69 Å². The van der Waals surface area contributed by atoms with E-state index in [4.69, 9.17) is 0 Å². The van der Waals surface area contributed by atoms with Crippen molar-refractivity contribution in [1.82, 2.24) is 24.9 Å². The van der Waals surface area contributed by atoms with E-state index in [1.54, 1.807) is 4.68 Å². The van der Waals surface area contributed by atoms with Crippen molar-refractivity contribution in [2.24, 2.45) is 7.05 Å². The quantitative estimate of drug-likeness (QED) is 0.855. The van der Waals surface area contributed by atoms with Crippen molar-refractivity contribution in [2.75, 3.05) is 6.54 Å². The number of nitrogens with one attached hydrogen (secondary N) is 1. The minimum atomic E-state index is -4.56. The first-order valence-electron chi connectivity index (χ1n) is 6.67. The van der Waals surface area contributed by atoms with E-state index in [2.05, 4.69) is 15.5 Å². The van der Waals surface area contributed by atoms with Gasteiger partial charge in [0.2, 0.25) is 0 Å². The summed E-state index contributed by atoms with van der Waals surface area (Å²) in [6.07, 6.45) is -2.11. The topological polar surface area (TPSA) is 64.7 Å². The summed E-state index contributed by atoms with van der Waals surface area (Å²) in [6.45, 7) is 2.83. The summed E-state index contributed by atoms with van der Waals surface area (Å²) >= 11 is 0. The molecule has 0 bridgehead atoms. The number of carbonyl (C=O) groups is 1. The van der Waals surface area contributed by atoms with Crippen molar-refractivity contribution in [1.29, 1.82) is 0 Å². The molecule has 1 amide bonds. The third-order valence-corrected chi connectivity index (χ3v) is 3.03.